The fourth-order valence-electron chi connectivity index (χ4n) is 8.11. The molecule has 0 heterocycles. The lowest BCUT2D eigenvalue weighted by Crippen LogP contribution is -2.28. The van der Waals surface area contributed by atoms with Crippen molar-refractivity contribution >= 4 is 11.9 Å². The summed E-state index contributed by atoms with van der Waals surface area (Å²) in [7, 11) is 0. The topological polar surface area (TPSA) is 72.8 Å². The molecule has 0 amide bonds. The van der Waals surface area contributed by atoms with Crippen molar-refractivity contribution in [2.75, 3.05) is 13.2 Å². The summed E-state index contributed by atoms with van der Waals surface area (Å²) in [5.41, 5.74) is 0. The average Bonchev–Trinajstić information content (AvgIpc) is 3.31. The first-order valence-corrected chi connectivity index (χ1v) is 28.0. The van der Waals surface area contributed by atoms with E-state index in [9.17, 15) is 14.7 Å². The molecule has 1 N–H and O–H groups in total. The lowest BCUT2D eigenvalue weighted by atomic mass is 10.0. The second kappa shape index (κ2) is 55.7. The first-order chi connectivity index (χ1) is 32.1. The molecule has 5 nitrogen and oxygen atoms in total. The Balaban J connectivity index is 3.49. The molecule has 376 valence electrons. The normalized spacial score (nSPS) is 12.7. The van der Waals surface area contributed by atoms with Crippen LogP contribution < -0.4 is 0 Å². The van der Waals surface area contributed by atoms with Gasteiger partial charge in [-0.1, -0.05) is 286 Å². The third-order valence-corrected chi connectivity index (χ3v) is 12.3. The number of rotatable bonds is 51. The molecular formula is C60H106O5. The summed E-state index contributed by atoms with van der Waals surface area (Å²) in [5, 5.41) is 9.62. The van der Waals surface area contributed by atoms with Crippen LogP contribution in [0.2, 0.25) is 0 Å². The van der Waals surface area contributed by atoms with Crippen molar-refractivity contribution in [1.82, 2.24) is 0 Å². The molecule has 0 fully saturated rings. The summed E-state index contributed by atoms with van der Waals surface area (Å²) >= 11 is 0. The number of allylic oxidation sites excluding steroid dienone is 12. The van der Waals surface area contributed by atoms with Gasteiger partial charge in [-0.05, 0) is 51.4 Å². The highest BCUT2D eigenvalue weighted by Crippen LogP contribution is 2.17. The highest BCUT2D eigenvalue weighted by atomic mass is 16.6. The predicted molar refractivity (Wildman–Crippen MR) is 283 cm³/mol. The van der Waals surface area contributed by atoms with Gasteiger partial charge in [-0.15, -0.1) is 0 Å². The number of carbonyl (C=O) groups is 2. The third-order valence-electron chi connectivity index (χ3n) is 12.3. The highest BCUT2D eigenvalue weighted by molar-refractivity contribution is 5.70. The molecule has 1 unspecified atom stereocenters. The summed E-state index contributed by atoms with van der Waals surface area (Å²) in [5.74, 6) is -0.681. The van der Waals surface area contributed by atoms with Crippen LogP contribution in [0, 0.1) is 0 Å². The van der Waals surface area contributed by atoms with Crippen LogP contribution in [0.25, 0.3) is 0 Å². The van der Waals surface area contributed by atoms with E-state index >= 15 is 0 Å². The molecule has 0 saturated carbocycles. The summed E-state index contributed by atoms with van der Waals surface area (Å²) in [4.78, 5) is 24.4. The van der Waals surface area contributed by atoms with Gasteiger partial charge >= 0.3 is 11.9 Å². The van der Waals surface area contributed by atoms with Gasteiger partial charge in [0, 0.05) is 12.8 Å². The molecule has 0 aliphatic rings. The Morgan fingerprint density at radius 2 is 0.662 bits per heavy atom. The zero-order valence-corrected chi connectivity index (χ0v) is 43.0. The van der Waals surface area contributed by atoms with E-state index in [-0.39, 0.29) is 25.6 Å². The molecular weight excluding hydrogens is 801 g/mol. The van der Waals surface area contributed by atoms with Crippen LogP contribution in [0.4, 0.5) is 0 Å². The van der Waals surface area contributed by atoms with Gasteiger partial charge in [0.2, 0.25) is 0 Å². The van der Waals surface area contributed by atoms with Gasteiger partial charge in [-0.3, -0.25) is 9.59 Å². The Kier molecular flexibility index (Phi) is 53.4. The number of aliphatic hydroxyl groups is 1. The van der Waals surface area contributed by atoms with Gasteiger partial charge in [-0.25, -0.2) is 0 Å². The molecule has 0 aromatic carbocycles. The minimum atomic E-state index is -0.815. The SMILES string of the molecule is CC/C=C\C/C=C\C/C=C\C/C=C\C/C=C\C/C=C\CCC(=O)OC(CO)COC(=O)CCCCCCCCCCCCCCCCCCCCCCCCCCCCCCCCCC. The molecule has 0 radical (unpaired) electrons. The van der Waals surface area contributed by atoms with Crippen LogP contribution >= 0.6 is 0 Å². The maximum Gasteiger partial charge on any atom is 0.306 e. The summed E-state index contributed by atoms with van der Waals surface area (Å²) in [6, 6.07) is 0. The second-order valence-electron chi connectivity index (χ2n) is 18.6. The van der Waals surface area contributed by atoms with Crippen LogP contribution in [-0.2, 0) is 19.1 Å². The van der Waals surface area contributed by atoms with E-state index in [4.69, 9.17) is 9.47 Å². The van der Waals surface area contributed by atoms with Gasteiger partial charge in [0.25, 0.3) is 0 Å². The maximum atomic E-state index is 12.2. The molecule has 0 aliphatic heterocycles. The van der Waals surface area contributed by atoms with Gasteiger partial charge in [-0.2, -0.15) is 0 Å². The van der Waals surface area contributed by atoms with Gasteiger partial charge in [0.05, 0.1) is 6.61 Å². The number of unbranched alkanes of at least 4 members (excludes halogenated alkanes) is 31. The largest absolute Gasteiger partial charge is 0.462 e. The highest BCUT2D eigenvalue weighted by Gasteiger charge is 2.15. The lowest BCUT2D eigenvalue weighted by molar-refractivity contribution is -0.161. The molecule has 0 aromatic heterocycles. The number of hydrogen-bond acceptors (Lipinski definition) is 5. The zero-order valence-electron chi connectivity index (χ0n) is 43.0. The Morgan fingerprint density at radius 1 is 0.369 bits per heavy atom. The molecule has 0 spiro atoms. The summed E-state index contributed by atoms with van der Waals surface area (Å²) in [6.45, 7) is 3.99. The van der Waals surface area contributed by atoms with E-state index in [1.54, 1.807) is 0 Å². The monoisotopic (exact) mass is 907 g/mol. The van der Waals surface area contributed by atoms with Crippen LogP contribution in [0.1, 0.15) is 277 Å². The van der Waals surface area contributed by atoms with Crippen LogP contribution in [0.5, 0.6) is 0 Å². The number of esters is 2. The molecule has 5 heteroatoms. The molecule has 0 aliphatic carbocycles. The van der Waals surface area contributed by atoms with E-state index < -0.39 is 12.1 Å². The second-order valence-corrected chi connectivity index (χ2v) is 18.6. The van der Waals surface area contributed by atoms with Gasteiger partial charge in [0.1, 0.15) is 6.61 Å². The quantitative estimate of drug-likeness (QED) is 0.0374. The van der Waals surface area contributed by atoms with Gasteiger partial charge < -0.3 is 14.6 Å². The minimum absolute atomic E-state index is 0.0966. The number of ether oxygens (including phenoxy) is 2. The summed E-state index contributed by atoms with van der Waals surface area (Å²) in [6.07, 6.45) is 76.2. The fraction of sp³-hybridized carbons (Fsp3) is 0.767. The van der Waals surface area contributed by atoms with E-state index in [0.29, 0.717) is 12.8 Å². The molecule has 0 aromatic rings. The molecule has 0 rings (SSSR count). The Hall–Kier alpha value is -2.66. The number of hydrogen-bond donors (Lipinski definition) is 1. The summed E-state index contributed by atoms with van der Waals surface area (Å²) < 4.78 is 10.6. The van der Waals surface area contributed by atoms with Crippen molar-refractivity contribution in [3.8, 4) is 0 Å². The predicted octanol–water partition coefficient (Wildman–Crippen LogP) is 18.8. The Labute approximate surface area is 403 Å². The lowest BCUT2D eigenvalue weighted by Gasteiger charge is -2.15. The van der Waals surface area contributed by atoms with Crippen molar-refractivity contribution in [3.05, 3.63) is 72.9 Å². The Bertz CT molecular complexity index is 1160. The van der Waals surface area contributed by atoms with E-state index in [2.05, 4.69) is 74.6 Å². The molecule has 65 heavy (non-hydrogen) atoms. The van der Waals surface area contributed by atoms with Gasteiger partial charge in [0.15, 0.2) is 6.10 Å². The standard InChI is InChI=1S/C60H106O5/c1-3-5-7-9-11-13-15-17-19-21-23-24-25-26-27-28-29-30-31-32-33-34-35-37-38-40-42-44-46-48-50-52-54-59(62)64-57-58(56-61)65-60(63)55-53-51-49-47-45-43-41-39-36-22-20-18-16-14-12-10-8-6-4-2/h6,8,12,14,18,20,36,39,43,45,49,51,58,61H,3-5,7,9-11,13,15-17,19,21-35,37-38,40-42,44,46-48,50,52-57H2,1-2H3/b8-6-,14-12-,20-18-,39-36-,45-43-,51-49-. The van der Waals surface area contributed by atoms with Crippen molar-refractivity contribution in [1.29, 1.82) is 0 Å². The van der Waals surface area contributed by atoms with E-state index in [1.165, 1.54) is 186 Å². The zero-order chi connectivity index (χ0) is 47.0. The van der Waals surface area contributed by atoms with Crippen LogP contribution in [0.3, 0.4) is 0 Å². The number of aliphatic hydroxyl groups excluding tert-OH is 1. The smallest absolute Gasteiger partial charge is 0.306 e. The number of carbonyl (C=O) groups excluding carboxylic acids is 2. The minimum Gasteiger partial charge on any atom is -0.462 e. The third kappa shape index (κ3) is 53.8. The molecule has 1 atom stereocenters. The average molecular weight is 908 g/mol. The van der Waals surface area contributed by atoms with Crippen LogP contribution in [0.15, 0.2) is 72.9 Å². The Morgan fingerprint density at radius 3 is 0.969 bits per heavy atom. The first kappa shape index (κ1) is 62.3. The first-order valence-electron chi connectivity index (χ1n) is 28.0. The fourth-order valence-corrected chi connectivity index (χ4v) is 8.11. The maximum absolute atomic E-state index is 12.2. The molecule has 0 bridgehead atoms. The van der Waals surface area contributed by atoms with Crippen molar-refractivity contribution in [2.24, 2.45) is 0 Å². The van der Waals surface area contributed by atoms with Crippen molar-refractivity contribution in [3.63, 3.8) is 0 Å². The van der Waals surface area contributed by atoms with E-state index in [1.807, 2.05) is 12.2 Å². The van der Waals surface area contributed by atoms with E-state index in [0.717, 1.165) is 57.8 Å². The van der Waals surface area contributed by atoms with Crippen molar-refractivity contribution in [2.45, 2.75) is 283 Å². The van der Waals surface area contributed by atoms with Crippen molar-refractivity contribution < 1.29 is 24.2 Å². The molecule has 0 saturated heterocycles. The van der Waals surface area contributed by atoms with Crippen LogP contribution in [-0.4, -0.2) is 36.4 Å².